The molecule has 5 nitrogen and oxygen atoms in total. The van der Waals surface area contributed by atoms with Crippen molar-refractivity contribution in [3.05, 3.63) is 41.2 Å². The maximum absolute atomic E-state index is 11.4. The lowest BCUT2D eigenvalue weighted by Crippen LogP contribution is -2.04. The van der Waals surface area contributed by atoms with Crippen LogP contribution < -0.4 is 5.32 Å². The van der Waals surface area contributed by atoms with Gasteiger partial charge in [0.1, 0.15) is 0 Å². The van der Waals surface area contributed by atoms with Crippen molar-refractivity contribution in [1.29, 1.82) is 0 Å². The SMILES string of the molecule is Cc1nn(C)c(C)c1CCCNc1ccc(S(C)(=O)=O)cc1. The van der Waals surface area contributed by atoms with Crippen LogP contribution in [-0.4, -0.2) is 31.0 Å². The van der Waals surface area contributed by atoms with Crippen LogP contribution in [0.4, 0.5) is 5.69 Å². The predicted molar refractivity (Wildman–Crippen MR) is 89.0 cm³/mol. The summed E-state index contributed by atoms with van der Waals surface area (Å²) in [4.78, 5) is 0.347. The molecular formula is C16H23N3O2S. The molecule has 0 spiro atoms. The van der Waals surface area contributed by atoms with E-state index in [1.807, 2.05) is 18.7 Å². The first-order valence-corrected chi connectivity index (χ1v) is 9.21. The molecule has 0 amide bonds. The largest absolute Gasteiger partial charge is 0.385 e. The third-order valence-corrected chi connectivity index (χ3v) is 5.00. The summed E-state index contributed by atoms with van der Waals surface area (Å²) in [5.41, 5.74) is 4.57. The number of aromatic nitrogens is 2. The first-order chi connectivity index (χ1) is 10.3. The Morgan fingerprint density at radius 3 is 2.32 bits per heavy atom. The second kappa shape index (κ2) is 6.52. The first kappa shape index (κ1) is 16.5. The predicted octanol–water partition coefficient (Wildman–Crippen LogP) is 2.49. The highest BCUT2D eigenvalue weighted by atomic mass is 32.2. The van der Waals surface area contributed by atoms with Crippen LogP contribution in [0, 0.1) is 13.8 Å². The van der Waals surface area contributed by atoms with Crippen LogP contribution in [0.2, 0.25) is 0 Å². The van der Waals surface area contributed by atoms with E-state index in [-0.39, 0.29) is 0 Å². The van der Waals surface area contributed by atoms with E-state index >= 15 is 0 Å². The van der Waals surface area contributed by atoms with Gasteiger partial charge in [0.25, 0.3) is 0 Å². The lowest BCUT2D eigenvalue weighted by atomic mass is 10.1. The van der Waals surface area contributed by atoms with Gasteiger partial charge in [-0.25, -0.2) is 8.42 Å². The summed E-state index contributed by atoms with van der Waals surface area (Å²) in [6.45, 7) is 4.97. The van der Waals surface area contributed by atoms with Crippen LogP contribution in [0.5, 0.6) is 0 Å². The Balaban J connectivity index is 1.86. The number of hydrogen-bond acceptors (Lipinski definition) is 4. The van der Waals surface area contributed by atoms with E-state index in [9.17, 15) is 8.42 Å². The molecule has 1 heterocycles. The number of hydrogen-bond donors (Lipinski definition) is 1. The lowest BCUT2D eigenvalue weighted by molar-refractivity contribution is 0.602. The monoisotopic (exact) mass is 321 g/mol. The fourth-order valence-electron chi connectivity index (χ4n) is 2.50. The Morgan fingerprint density at radius 1 is 1.18 bits per heavy atom. The molecule has 0 aliphatic carbocycles. The molecule has 1 aromatic heterocycles. The summed E-state index contributed by atoms with van der Waals surface area (Å²) in [5, 5.41) is 7.74. The van der Waals surface area contributed by atoms with Gasteiger partial charge in [0.15, 0.2) is 9.84 Å². The number of benzene rings is 1. The Bertz CT molecular complexity index is 746. The molecule has 0 aliphatic heterocycles. The molecule has 0 atom stereocenters. The van der Waals surface area contributed by atoms with Gasteiger partial charge in [0.2, 0.25) is 0 Å². The fourth-order valence-corrected chi connectivity index (χ4v) is 3.13. The molecule has 1 N–H and O–H groups in total. The van der Waals surface area contributed by atoms with Crippen molar-refractivity contribution in [2.75, 3.05) is 18.1 Å². The molecule has 0 unspecified atom stereocenters. The minimum atomic E-state index is -3.13. The van der Waals surface area contributed by atoms with E-state index in [0.29, 0.717) is 4.90 Å². The molecule has 120 valence electrons. The smallest absolute Gasteiger partial charge is 0.175 e. The van der Waals surface area contributed by atoms with Gasteiger partial charge in [0.05, 0.1) is 10.6 Å². The van der Waals surface area contributed by atoms with Crippen molar-refractivity contribution in [3.8, 4) is 0 Å². The molecule has 0 saturated heterocycles. The summed E-state index contributed by atoms with van der Waals surface area (Å²) >= 11 is 0. The molecule has 0 fully saturated rings. The van der Waals surface area contributed by atoms with Gasteiger partial charge < -0.3 is 5.32 Å². The minimum Gasteiger partial charge on any atom is -0.385 e. The maximum atomic E-state index is 11.4. The van der Waals surface area contributed by atoms with Crippen molar-refractivity contribution in [3.63, 3.8) is 0 Å². The van der Waals surface area contributed by atoms with Crippen molar-refractivity contribution < 1.29 is 8.42 Å². The summed E-state index contributed by atoms with van der Waals surface area (Å²) in [6, 6.07) is 6.87. The minimum absolute atomic E-state index is 0.347. The molecule has 0 saturated carbocycles. The van der Waals surface area contributed by atoms with E-state index in [2.05, 4.69) is 17.3 Å². The molecule has 0 bridgehead atoms. The Labute approximate surface area is 132 Å². The summed E-state index contributed by atoms with van der Waals surface area (Å²) in [7, 11) is -1.16. The third kappa shape index (κ3) is 3.88. The van der Waals surface area contributed by atoms with E-state index in [4.69, 9.17) is 0 Å². The average Bonchev–Trinajstić information content (AvgIpc) is 2.69. The highest BCUT2D eigenvalue weighted by Crippen LogP contribution is 2.16. The van der Waals surface area contributed by atoms with Crippen LogP contribution in [-0.2, 0) is 23.3 Å². The summed E-state index contributed by atoms with van der Waals surface area (Å²) in [6.07, 6.45) is 3.20. The molecule has 0 aliphatic rings. The summed E-state index contributed by atoms with van der Waals surface area (Å²) < 4.78 is 24.7. The second-order valence-corrected chi connectivity index (χ2v) is 7.62. The highest BCUT2D eigenvalue weighted by molar-refractivity contribution is 7.90. The standard InChI is InChI=1S/C16H23N3O2S/c1-12-16(13(2)19(3)18-12)6-5-11-17-14-7-9-15(10-8-14)22(4,20)21/h7-10,17H,5-6,11H2,1-4H3. The van der Waals surface area contributed by atoms with Gasteiger partial charge in [0, 0.05) is 31.2 Å². The van der Waals surface area contributed by atoms with Crippen LogP contribution >= 0.6 is 0 Å². The second-order valence-electron chi connectivity index (χ2n) is 5.60. The molecule has 0 radical (unpaired) electrons. The van der Waals surface area contributed by atoms with Gasteiger partial charge in [-0.3, -0.25) is 4.68 Å². The lowest BCUT2D eigenvalue weighted by Gasteiger charge is -2.07. The van der Waals surface area contributed by atoms with Gasteiger partial charge >= 0.3 is 0 Å². The van der Waals surface area contributed by atoms with E-state index in [1.54, 1.807) is 24.3 Å². The van der Waals surface area contributed by atoms with Crippen molar-refractivity contribution >= 4 is 15.5 Å². The maximum Gasteiger partial charge on any atom is 0.175 e. The average molecular weight is 321 g/mol. The topological polar surface area (TPSA) is 64.0 Å². The van der Waals surface area contributed by atoms with E-state index < -0.39 is 9.84 Å². The van der Waals surface area contributed by atoms with Crippen molar-refractivity contribution in [1.82, 2.24) is 9.78 Å². The molecule has 1 aromatic carbocycles. The molecule has 22 heavy (non-hydrogen) atoms. The van der Waals surface area contributed by atoms with Crippen molar-refractivity contribution in [2.45, 2.75) is 31.6 Å². The first-order valence-electron chi connectivity index (χ1n) is 7.32. The number of nitrogens with one attached hydrogen (secondary N) is 1. The Kier molecular flexibility index (Phi) is 4.90. The number of nitrogens with zero attached hydrogens (tertiary/aromatic N) is 2. The van der Waals surface area contributed by atoms with Crippen molar-refractivity contribution in [2.24, 2.45) is 7.05 Å². The number of aryl methyl sites for hydroxylation is 2. The number of rotatable bonds is 6. The van der Waals surface area contributed by atoms with Gasteiger partial charge in [-0.15, -0.1) is 0 Å². The van der Waals surface area contributed by atoms with Gasteiger partial charge in [-0.05, 0) is 56.5 Å². The van der Waals surface area contributed by atoms with Crippen LogP contribution in [0.25, 0.3) is 0 Å². The van der Waals surface area contributed by atoms with Gasteiger partial charge in [-0.2, -0.15) is 5.10 Å². The molecular weight excluding hydrogens is 298 g/mol. The zero-order valence-electron chi connectivity index (χ0n) is 13.5. The fraction of sp³-hybridized carbons (Fsp3) is 0.438. The normalized spacial score (nSPS) is 11.6. The summed E-state index contributed by atoms with van der Waals surface area (Å²) in [5.74, 6) is 0. The third-order valence-electron chi connectivity index (χ3n) is 3.87. The van der Waals surface area contributed by atoms with E-state index in [0.717, 1.165) is 30.8 Å². The quantitative estimate of drug-likeness (QED) is 0.830. The molecule has 2 aromatic rings. The Hall–Kier alpha value is -1.82. The zero-order valence-corrected chi connectivity index (χ0v) is 14.4. The van der Waals surface area contributed by atoms with Gasteiger partial charge in [-0.1, -0.05) is 0 Å². The highest BCUT2D eigenvalue weighted by Gasteiger charge is 2.09. The number of sulfone groups is 1. The van der Waals surface area contributed by atoms with Crippen LogP contribution in [0.1, 0.15) is 23.4 Å². The molecule has 6 heteroatoms. The zero-order chi connectivity index (χ0) is 16.3. The molecule has 2 rings (SSSR count). The van der Waals surface area contributed by atoms with Crippen LogP contribution in [0.3, 0.4) is 0 Å². The number of anilines is 1. The van der Waals surface area contributed by atoms with E-state index in [1.165, 1.54) is 17.5 Å². The Morgan fingerprint density at radius 2 is 1.82 bits per heavy atom. The van der Waals surface area contributed by atoms with Crippen LogP contribution in [0.15, 0.2) is 29.2 Å².